The van der Waals surface area contributed by atoms with Crippen LogP contribution in [0.1, 0.15) is 10.4 Å². The van der Waals surface area contributed by atoms with Crippen LogP contribution in [0.2, 0.25) is 0 Å². The van der Waals surface area contributed by atoms with E-state index in [0.717, 1.165) is 0 Å². The van der Waals surface area contributed by atoms with E-state index < -0.39 is 11.9 Å². The lowest BCUT2D eigenvalue weighted by Crippen LogP contribution is -2.15. The highest BCUT2D eigenvalue weighted by atomic mass is 79.9. The van der Waals surface area contributed by atoms with Gasteiger partial charge in [-0.25, -0.2) is 4.79 Å². The van der Waals surface area contributed by atoms with Gasteiger partial charge in [-0.05, 0) is 18.2 Å². The molecule has 5 nitrogen and oxygen atoms in total. The minimum atomic E-state index is -1.15. The van der Waals surface area contributed by atoms with Gasteiger partial charge in [0.2, 0.25) is 0 Å². The first-order valence-electron chi connectivity index (χ1n) is 4.55. The number of carbonyl (C=O) groups is 2. The number of rotatable bonds is 5. The van der Waals surface area contributed by atoms with E-state index in [4.69, 9.17) is 15.6 Å². The van der Waals surface area contributed by atoms with Crippen molar-refractivity contribution < 1.29 is 19.4 Å². The second-order valence-electron chi connectivity index (χ2n) is 3.20. The molecule has 0 aliphatic carbocycles. The zero-order valence-electron chi connectivity index (χ0n) is 8.77. The van der Waals surface area contributed by atoms with Crippen LogP contribution in [0.25, 0.3) is 0 Å². The second-order valence-corrected chi connectivity index (χ2v) is 4.12. The molecule has 0 heterocycles. The van der Waals surface area contributed by atoms with Crippen molar-refractivity contribution in [1.29, 1.82) is 0 Å². The van der Waals surface area contributed by atoms with Crippen molar-refractivity contribution in [2.45, 2.75) is 0 Å². The van der Waals surface area contributed by atoms with E-state index in [0.29, 0.717) is 4.47 Å². The fourth-order valence-electron chi connectivity index (χ4n) is 1.05. The number of carboxylic acids is 1. The van der Waals surface area contributed by atoms with Crippen molar-refractivity contribution >= 4 is 27.8 Å². The molecule has 0 aromatic heterocycles. The largest absolute Gasteiger partial charge is 0.488 e. The Balaban J connectivity index is 2.87. The number of carbonyl (C=O) groups excluding carboxylic acids is 1. The Morgan fingerprint density at radius 2 is 2.12 bits per heavy atom. The van der Waals surface area contributed by atoms with E-state index in [1.165, 1.54) is 12.1 Å². The van der Waals surface area contributed by atoms with Crippen LogP contribution in [0.5, 0.6) is 5.75 Å². The molecule has 3 N–H and O–H groups in total. The van der Waals surface area contributed by atoms with Gasteiger partial charge in [0, 0.05) is 4.47 Å². The van der Waals surface area contributed by atoms with Crippen molar-refractivity contribution in [2.24, 2.45) is 5.73 Å². The van der Waals surface area contributed by atoms with E-state index in [-0.39, 0.29) is 23.5 Å². The summed E-state index contributed by atoms with van der Waals surface area (Å²) >= 11 is 3.19. The first-order valence-corrected chi connectivity index (χ1v) is 5.34. The Bertz CT molecular complexity index is 484. The third kappa shape index (κ3) is 3.60. The van der Waals surface area contributed by atoms with Crippen LogP contribution in [-0.4, -0.2) is 23.6 Å². The molecule has 6 heteroatoms. The van der Waals surface area contributed by atoms with Crippen molar-refractivity contribution in [3.63, 3.8) is 0 Å². The molecule has 1 rings (SSSR count). The van der Waals surface area contributed by atoms with Gasteiger partial charge in [-0.2, -0.15) is 0 Å². The third-order valence-electron chi connectivity index (χ3n) is 1.91. The molecule has 0 fully saturated rings. The predicted octanol–water partition coefficient (Wildman–Crippen LogP) is 1.57. The van der Waals surface area contributed by atoms with Crippen LogP contribution in [0.4, 0.5) is 0 Å². The molecule has 17 heavy (non-hydrogen) atoms. The van der Waals surface area contributed by atoms with Gasteiger partial charge in [0.1, 0.15) is 12.4 Å². The molecule has 0 atom stereocenters. The Morgan fingerprint density at radius 1 is 1.47 bits per heavy atom. The minimum Gasteiger partial charge on any atom is -0.488 e. The van der Waals surface area contributed by atoms with Crippen LogP contribution in [0.3, 0.4) is 0 Å². The molecule has 0 unspecified atom stereocenters. The third-order valence-corrected chi connectivity index (χ3v) is 2.40. The smallest absolute Gasteiger partial charge is 0.334 e. The maximum absolute atomic E-state index is 11.1. The van der Waals surface area contributed by atoms with E-state index >= 15 is 0 Å². The lowest BCUT2D eigenvalue weighted by molar-refractivity contribution is -0.133. The predicted molar refractivity (Wildman–Crippen MR) is 64.9 cm³/mol. The summed E-state index contributed by atoms with van der Waals surface area (Å²) in [6, 6.07) is 4.69. The number of hydrogen-bond donors (Lipinski definition) is 2. The molecule has 0 aliphatic heterocycles. The number of hydrogen-bond acceptors (Lipinski definition) is 3. The molecule has 1 amide bonds. The topological polar surface area (TPSA) is 89.6 Å². The first kappa shape index (κ1) is 13.2. The zero-order valence-corrected chi connectivity index (χ0v) is 10.4. The number of halogens is 1. The monoisotopic (exact) mass is 299 g/mol. The van der Waals surface area contributed by atoms with Crippen molar-refractivity contribution in [3.8, 4) is 5.75 Å². The van der Waals surface area contributed by atoms with E-state index in [9.17, 15) is 9.59 Å². The Kier molecular flexibility index (Phi) is 4.28. The maximum atomic E-state index is 11.1. The van der Waals surface area contributed by atoms with Gasteiger partial charge in [0.25, 0.3) is 5.91 Å². The average Bonchev–Trinajstić information content (AvgIpc) is 2.26. The second kappa shape index (κ2) is 5.49. The lowest BCUT2D eigenvalue weighted by atomic mass is 10.2. The minimum absolute atomic E-state index is 0.108. The van der Waals surface area contributed by atoms with Crippen molar-refractivity contribution in [3.05, 3.63) is 40.4 Å². The Morgan fingerprint density at radius 3 is 2.65 bits per heavy atom. The molecule has 0 spiro atoms. The summed E-state index contributed by atoms with van der Waals surface area (Å²) in [6.45, 7) is 3.10. The average molecular weight is 300 g/mol. The van der Waals surface area contributed by atoms with Gasteiger partial charge in [-0.1, -0.05) is 22.5 Å². The highest BCUT2D eigenvalue weighted by molar-refractivity contribution is 9.10. The van der Waals surface area contributed by atoms with Gasteiger partial charge in [-0.15, -0.1) is 0 Å². The molecule has 90 valence electrons. The van der Waals surface area contributed by atoms with Gasteiger partial charge >= 0.3 is 5.97 Å². The van der Waals surface area contributed by atoms with Gasteiger partial charge in [0.15, 0.2) is 0 Å². The van der Waals surface area contributed by atoms with Gasteiger partial charge < -0.3 is 15.6 Å². The standard InChI is InChI=1S/C11H10BrNO4/c1-6(11(15)16)5-17-9-3-2-7(12)4-8(9)10(13)14/h2-4H,1,5H2,(H2,13,14)(H,15,16). The maximum Gasteiger partial charge on any atom is 0.334 e. The van der Waals surface area contributed by atoms with E-state index in [2.05, 4.69) is 22.5 Å². The summed E-state index contributed by atoms with van der Waals surface area (Å²) in [5.74, 6) is -1.58. The number of carboxylic acid groups (broad SMARTS) is 1. The summed E-state index contributed by atoms with van der Waals surface area (Å²) in [5.41, 5.74) is 5.24. The summed E-state index contributed by atoms with van der Waals surface area (Å²) in [5, 5.41) is 8.60. The zero-order chi connectivity index (χ0) is 13.0. The first-order chi connectivity index (χ1) is 7.91. The van der Waals surface area contributed by atoms with Crippen LogP contribution >= 0.6 is 15.9 Å². The van der Waals surface area contributed by atoms with Gasteiger partial charge in [-0.3, -0.25) is 4.79 Å². The fraction of sp³-hybridized carbons (Fsp3) is 0.0909. The highest BCUT2D eigenvalue weighted by Gasteiger charge is 2.12. The molecule has 0 saturated carbocycles. The molecule has 0 bridgehead atoms. The quantitative estimate of drug-likeness (QED) is 0.808. The number of primary amides is 1. The summed E-state index contributed by atoms with van der Waals surface area (Å²) in [4.78, 5) is 21.6. The normalized spacial score (nSPS) is 9.71. The SMILES string of the molecule is C=C(COc1ccc(Br)cc1C(N)=O)C(=O)O. The Labute approximate surface area is 106 Å². The molecule has 0 saturated heterocycles. The van der Waals surface area contributed by atoms with Crippen molar-refractivity contribution in [1.82, 2.24) is 0 Å². The van der Waals surface area contributed by atoms with Crippen LogP contribution in [-0.2, 0) is 4.79 Å². The van der Waals surface area contributed by atoms with Crippen LogP contribution in [0, 0.1) is 0 Å². The number of amides is 1. The molecule has 1 aromatic carbocycles. The number of nitrogens with two attached hydrogens (primary N) is 1. The molecular weight excluding hydrogens is 290 g/mol. The molecule has 1 aromatic rings. The van der Waals surface area contributed by atoms with E-state index in [1.54, 1.807) is 6.07 Å². The van der Waals surface area contributed by atoms with Crippen molar-refractivity contribution in [2.75, 3.05) is 6.61 Å². The number of aliphatic carboxylic acids is 1. The number of benzene rings is 1. The summed E-state index contributed by atoms with van der Waals surface area (Å²) in [6.07, 6.45) is 0. The molecule has 0 radical (unpaired) electrons. The van der Waals surface area contributed by atoms with Gasteiger partial charge in [0.05, 0.1) is 11.1 Å². The molecular formula is C11H10BrNO4. The number of ether oxygens (including phenoxy) is 1. The summed E-state index contributed by atoms with van der Waals surface area (Å²) < 4.78 is 5.85. The fourth-order valence-corrected chi connectivity index (χ4v) is 1.41. The van der Waals surface area contributed by atoms with E-state index in [1.807, 2.05) is 0 Å². The highest BCUT2D eigenvalue weighted by Crippen LogP contribution is 2.23. The van der Waals surface area contributed by atoms with Crippen LogP contribution < -0.4 is 10.5 Å². The van der Waals surface area contributed by atoms with Crippen LogP contribution in [0.15, 0.2) is 34.8 Å². The Hall–Kier alpha value is -1.82. The summed E-state index contributed by atoms with van der Waals surface area (Å²) in [7, 11) is 0. The molecule has 0 aliphatic rings. The lowest BCUT2D eigenvalue weighted by Gasteiger charge is -2.09.